The van der Waals surface area contributed by atoms with E-state index in [1.807, 2.05) is 91.0 Å². The van der Waals surface area contributed by atoms with Crippen LogP contribution in [0.15, 0.2) is 102 Å². The second-order valence-electron chi connectivity index (χ2n) is 6.94. The molecule has 0 spiro atoms. The summed E-state index contributed by atoms with van der Waals surface area (Å²) in [5, 5.41) is 4.43. The number of nitrogens with one attached hydrogen (secondary N) is 1. The van der Waals surface area contributed by atoms with E-state index in [0.29, 0.717) is 5.92 Å². The van der Waals surface area contributed by atoms with Crippen molar-refractivity contribution in [3.63, 3.8) is 0 Å². The second kappa shape index (κ2) is 8.49. The lowest BCUT2D eigenvalue weighted by Gasteiger charge is -2.04. The number of benzene rings is 3. The van der Waals surface area contributed by atoms with Gasteiger partial charge in [-0.2, -0.15) is 5.10 Å². The van der Waals surface area contributed by atoms with Gasteiger partial charge in [-0.05, 0) is 29.5 Å². The SMILES string of the molecule is O=C(NN=C(/C=C/c1ccccc1)c1ccccc1)[C@@H]1C[C@@H]1c1ccccc1. The van der Waals surface area contributed by atoms with Gasteiger partial charge in [0.25, 0.3) is 0 Å². The Hall–Kier alpha value is -3.46. The van der Waals surface area contributed by atoms with Gasteiger partial charge in [-0.3, -0.25) is 4.79 Å². The monoisotopic (exact) mass is 366 g/mol. The summed E-state index contributed by atoms with van der Waals surface area (Å²) < 4.78 is 0. The number of rotatable bonds is 6. The van der Waals surface area contributed by atoms with Crippen molar-refractivity contribution >= 4 is 17.7 Å². The van der Waals surface area contributed by atoms with Crippen molar-refractivity contribution in [2.75, 3.05) is 0 Å². The molecule has 0 unspecified atom stereocenters. The molecule has 0 saturated heterocycles. The molecule has 1 N–H and O–H groups in total. The van der Waals surface area contributed by atoms with Gasteiger partial charge in [0.2, 0.25) is 5.91 Å². The van der Waals surface area contributed by atoms with Gasteiger partial charge in [0, 0.05) is 11.5 Å². The Morgan fingerprint density at radius 1 is 0.857 bits per heavy atom. The van der Waals surface area contributed by atoms with Crippen LogP contribution in [-0.4, -0.2) is 11.6 Å². The van der Waals surface area contributed by atoms with Crippen LogP contribution >= 0.6 is 0 Å². The average Bonchev–Trinajstić information content (AvgIpc) is 3.57. The molecule has 0 aromatic heterocycles. The van der Waals surface area contributed by atoms with E-state index in [-0.39, 0.29) is 11.8 Å². The van der Waals surface area contributed by atoms with Gasteiger partial charge in [-0.15, -0.1) is 0 Å². The highest BCUT2D eigenvalue weighted by molar-refractivity contribution is 6.11. The normalized spacial score (nSPS) is 18.8. The summed E-state index contributed by atoms with van der Waals surface area (Å²) in [6.45, 7) is 0. The maximum atomic E-state index is 12.6. The largest absolute Gasteiger partial charge is 0.273 e. The molecule has 1 aliphatic carbocycles. The zero-order chi connectivity index (χ0) is 19.2. The average molecular weight is 366 g/mol. The van der Waals surface area contributed by atoms with E-state index in [0.717, 1.165) is 23.3 Å². The molecular weight excluding hydrogens is 344 g/mol. The van der Waals surface area contributed by atoms with E-state index < -0.39 is 0 Å². The molecule has 0 aliphatic heterocycles. The van der Waals surface area contributed by atoms with Gasteiger partial charge < -0.3 is 0 Å². The first-order valence-electron chi connectivity index (χ1n) is 9.52. The molecule has 0 bridgehead atoms. The summed E-state index contributed by atoms with van der Waals surface area (Å²) in [6.07, 6.45) is 4.82. The minimum Gasteiger partial charge on any atom is -0.273 e. The zero-order valence-electron chi connectivity index (χ0n) is 15.5. The Morgan fingerprint density at radius 3 is 2.14 bits per heavy atom. The molecule has 3 aromatic rings. The summed E-state index contributed by atoms with van der Waals surface area (Å²) in [5.74, 6) is 0.285. The summed E-state index contributed by atoms with van der Waals surface area (Å²) in [7, 11) is 0. The molecular formula is C25H22N2O. The van der Waals surface area contributed by atoms with E-state index in [2.05, 4.69) is 22.7 Å². The molecule has 3 nitrogen and oxygen atoms in total. The Balaban J connectivity index is 1.48. The molecule has 0 heterocycles. The number of hydrogen-bond donors (Lipinski definition) is 1. The van der Waals surface area contributed by atoms with E-state index in [9.17, 15) is 4.79 Å². The van der Waals surface area contributed by atoms with E-state index in [1.165, 1.54) is 5.56 Å². The lowest BCUT2D eigenvalue weighted by molar-refractivity contribution is -0.122. The van der Waals surface area contributed by atoms with Crippen LogP contribution in [0.5, 0.6) is 0 Å². The molecule has 1 aliphatic rings. The minimum atomic E-state index is -0.0182. The van der Waals surface area contributed by atoms with Gasteiger partial charge in [0.1, 0.15) is 0 Å². The molecule has 1 fully saturated rings. The van der Waals surface area contributed by atoms with Gasteiger partial charge in [0.15, 0.2) is 0 Å². The van der Waals surface area contributed by atoms with E-state index >= 15 is 0 Å². The van der Waals surface area contributed by atoms with Crippen LogP contribution < -0.4 is 5.43 Å². The fourth-order valence-electron chi connectivity index (χ4n) is 3.30. The van der Waals surface area contributed by atoms with Crippen LogP contribution in [0, 0.1) is 5.92 Å². The zero-order valence-corrected chi connectivity index (χ0v) is 15.5. The Labute approximate surface area is 165 Å². The molecule has 4 rings (SSSR count). The van der Waals surface area contributed by atoms with Crippen molar-refractivity contribution in [2.24, 2.45) is 11.0 Å². The van der Waals surface area contributed by atoms with Crippen molar-refractivity contribution in [1.82, 2.24) is 5.43 Å². The Kier molecular flexibility index (Phi) is 5.43. The molecule has 1 saturated carbocycles. The van der Waals surface area contributed by atoms with Crippen molar-refractivity contribution < 1.29 is 4.79 Å². The second-order valence-corrected chi connectivity index (χ2v) is 6.94. The lowest BCUT2D eigenvalue weighted by atomic mass is 10.1. The van der Waals surface area contributed by atoms with Crippen LogP contribution in [0.2, 0.25) is 0 Å². The van der Waals surface area contributed by atoms with Gasteiger partial charge in [0.05, 0.1) is 5.71 Å². The quantitative estimate of drug-likeness (QED) is 0.483. The fraction of sp³-hybridized carbons (Fsp3) is 0.120. The highest BCUT2D eigenvalue weighted by atomic mass is 16.2. The lowest BCUT2D eigenvalue weighted by Crippen LogP contribution is -2.21. The third-order valence-corrected chi connectivity index (χ3v) is 4.94. The molecule has 0 radical (unpaired) electrons. The van der Waals surface area contributed by atoms with Gasteiger partial charge in [-0.1, -0.05) is 97.1 Å². The van der Waals surface area contributed by atoms with Crippen molar-refractivity contribution in [1.29, 1.82) is 0 Å². The summed E-state index contributed by atoms with van der Waals surface area (Å²) in [4.78, 5) is 12.6. The Bertz CT molecular complexity index is 979. The van der Waals surface area contributed by atoms with Gasteiger partial charge in [-0.25, -0.2) is 5.43 Å². The van der Waals surface area contributed by atoms with Gasteiger partial charge >= 0.3 is 0 Å². The van der Waals surface area contributed by atoms with Crippen molar-refractivity contribution in [3.05, 3.63) is 114 Å². The predicted octanol–water partition coefficient (Wildman–Crippen LogP) is 5.02. The molecule has 3 heteroatoms. The number of hydrogen-bond acceptors (Lipinski definition) is 2. The van der Waals surface area contributed by atoms with Crippen LogP contribution in [0.1, 0.15) is 29.0 Å². The van der Waals surface area contributed by atoms with Crippen LogP contribution in [-0.2, 0) is 4.79 Å². The van der Waals surface area contributed by atoms with E-state index in [1.54, 1.807) is 0 Å². The van der Waals surface area contributed by atoms with Crippen LogP contribution in [0.3, 0.4) is 0 Å². The topological polar surface area (TPSA) is 41.5 Å². The predicted molar refractivity (Wildman–Crippen MR) is 114 cm³/mol. The maximum Gasteiger partial charge on any atom is 0.243 e. The highest BCUT2D eigenvalue weighted by Gasteiger charge is 2.43. The van der Waals surface area contributed by atoms with Crippen LogP contribution in [0.4, 0.5) is 0 Å². The molecule has 3 aromatic carbocycles. The first-order chi connectivity index (χ1) is 13.8. The van der Waals surface area contributed by atoms with E-state index in [4.69, 9.17) is 0 Å². The number of allylic oxidation sites excluding steroid dienone is 1. The number of carbonyl (C=O) groups is 1. The summed E-state index contributed by atoms with van der Waals surface area (Å²) >= 11 is 0. The Morgan fingerprint density at radius 2 is 1.46 bits per heavy atom. The first kappa shape index (κ1) is 17.9. The summed E-state index contributed by atoms with van der Waals surface area (Å²) in [5.41, 5.74) is 6.78. The molecule has 1 amide bonds. The number of amides is 1. The molecule has 138 valence electrons. The molecule has 28 heavy (non-hydrogen) atoms. The number of hydrazone groups is 1. The summed E-state index contributed by atoms with van der Waals surface area (Å²) in [6, 6.07) is 30.1. The third-order valence-electron chi connectivity index (χ3n) is 4.94. The maximum absolute atomic E-state index is 12.6. The van der Waals surface area contributed by atoms with Crippen molar-refractivity contribution in [2.45, 2.75) is 12.3 Å². The molecule has 2 atom stereocenters. The third kappa shape index (κ3) is 4.44. The standard InChI is InChI=1S/C25H22N2O/c28-25(23-18-22(23)20-12-6-2-7-13-20)27-26-24(21-14-8-3-9-15-21)17-16-19-10-4-1-5-11-19/h1-17,22-23H,18H2,(H,27,28)/b17-16+,26-24?/t22-,23-/m1/s1. The van der Waals surface area contributed by atoms with Crippen molar-refractivity contribution in [3.8, 4) is 0 Å². The number of carbonyl (C=O) groups excluding carboxylic acids is 1. The minimum absolute atomic E-state index is 0.00118. The number of nitrogens with zero attached hydrogens (tertiary/aromatic N) is 1. The van der Waals surface area contributed by atoms with Crippen LogP contribution in [0.25, 0.3) is 6.08 Å². The smallest absolute Gasteiger partial charge is 0.243 e. The highest BCUT2D eigenvalue weighted by Crippen LogP contribution is 2.47. The first-order valence-corrected chi connectivity index (χ1v) is 9.52. The fourth-order valence-corrected chi connectivity index (χ4v) is 3.30.